The fourth-order valence-corrected chi connectivity index (χ4v) is 3.30. The molecule has 1 amide bonds. The fraction of sp³-hybridized carbons (Fsp3) is 0.438. The first kappa shape index (κ1) is 12.3. The van der Waals surface area contributed by atoms with Gasteiger partial charge in [-0.1, -0.05) is 18.2 Å². The van der Waals surface area contributed by atoms with Gasteiger partial charge in [0.1, 0.15) is 5.75 Å². The molecule has 1 heterocycles. The lowest BCUT2D eigenvalue weighted by atomic mass is 9.66. The van der Waals surface area contributed by atoms with Crippen LogP contribution in [0, 0.1) is 0 Å². The van der Waals surface area contributed by atoms with Gasteiger partial charge in [-0.3, -0.25) is 4.79 Å². The highest BCUT2D eigenvalue weighted by molar-refractivity contribution is 5.80. The van der Waals surface area contributed by atoms with Crippen LogP contribution in [0.2, 0.25) is 0 Å². The molecule has 3 nitrogen and oxygen atoms in total. The number of piperidine rings is 1. The van der Waals surface area contributed by atoms with Crippen LogP contribution in [-0.2, 0) is 10.2 Å². The van der Waals surface area contributed by atoms with Crippen molar-refractivity contribution in [1.82, 2.24) is 5.32 Å². The molecule has 100 valence electrons. The molecule has 0 radical (unpaired) electrons. The van der Waals surface area contributed by atoms with Crippen molar-refractivity contribution < 1.29 is 9.53 Å². The number of carbonyl (C=O) groups excluding carboxylic acids is 1. The van der Waals surface area contributed by atoms with Crippen LogP contribution in [0.5, 0.6) is 5.75 Å². The minimum absolute atomic E-state index is 0.0123. The Kier molecular flexibility index (Phi) is 3.05. The number of ether oxygens (including phenoxy) is 1. The molecule has 1 unspecified atom stereocenters. The summed E-state index contributed by atoms with van der Waals surface area (Å²) in [6.45, 7) is 0. The van der Waals surface area contributed by atoms with E-state index in [9.17, 15) is 4.79 Å². The molecular weight excluding hydrogens is 238 g/mol. The lowest BCUT2D eigenvalue weighted by Crippen LogP contribution is -2.45. The fourth-order valence-electron chi connectivity index (χ4n) is 3.30. The van der Waals surface area contributed by atoms with Crippen molar-refractivity contribution >= 4 is 5.91 Å². The molecule has 0 bridgehead atoms. The zero-order valence-electron chi connectivity index (χ0n) is 11.2. The maximum Gasteiger partial charge on any atom is 0.224 e. The van der Waals surface area contributed by atoms with E-state index in [1.807, 2.05) is 12.1 Å². The Bertz CT molecular complexity index is 518. The number of hydrogen-bond acceptors (Lipinski definition) is 2. The second kappa shape index (κ2) is 4.72. The molecule has 1 fully saturated rings. The molecule has 0 saturated carbocycles. The molecule has 1 aromatic carbocycles. The SMILES string of the molecule is COc1ccc(C23CCCC=C2NC(=O)CC3)cc1. The average Bonchev–Trinajstić information content (AvgIpc) is 2.47. The van der Waals surface area contributed by atoms with Crippen molar-refractivity contribution in [2.24, 2.45) is 0 Å². The molecule has 3 heteroatoms. The molecule has 3 rings (SSSR count). The van der Waals surface area contributed by atoms with Crippen LogP contribution in [0.3, 0.4) is 0 Å². The maximum absolute atomic E-state index is 11.6. The highest BCUT2D eigenvalue weighted by Gasteiger charge is 2.41. The predicted molar refractivity (Wildman–Crippen MR) is 74.0 cm³/mol. The summed E-state index contributed by atoms with van der Waals surface area (Å²) in [6, 6.07) is 8.28. The summed E-state index contributed by atoms with van der Waals surface area (Å²) in [5, 5.41) is 3.08. The zero-order chi connectivity index (χ0) is 13.3. The minimum atomic E-state index is 0.0123. The first-order chi connectivity index (χ1) is 9.24. The van der Waals surface area contributed by atoms with E-state index in [0.29, 0.717) is 6.42 Å². The predicted octanol–water partition coefficient (Wildman–Crippen LogP) is 2.91. The Morgan fingerprint density at radius 2 is 2.00 bits per heavy atom. The van der Waals surface area contributed by atoms with Gasteiger partial charge in [0.2, 0.25) is 5.91 Å². The van der Waals surface area contributed by atoms with Crippen LogP contribution in [0.25, 0.3) is 0 Å². The number of rotatable bonds is 2. The number of nitrogens with one attached hydrogen (secondary N) is 1. The Hall–Kier alpha value is -1.77. The summed E-state index contributed by atoms with van der Waals surface area (Å²) in [6.07, 6.45) is 7.09. The highest BCUT2D eigenvalue weighted by Crippen LogP contribution is 2.45. The van der Waals surface area contributed by atoms with Gasteiger partial charge in [-0.2, -0.15) is 0 Å². The Labute approximate surface area is 113 Å². The third kappa shape index (κ3) is 2.03. The van der Waals surface area contributed by atoms with Gasteiger partial charge in [0.25, 0.3) is 0 Å². The van der Waals surface area contributed by atoms with Gasteiger partial charge in [0.05, 0.1) is 7.11 Å². The van der Waals surface area contributed by atoms with Crippen molar-refractivity contribution in [2.45, 2.75) is 37.5 Å². The molecule has 1 N–H and O–H groups in total. The summed E-state index contributed by atoms with van der Waals surface area (Å²) >= 11 is 0. The summed E-state index contributed by atoms with van der Waals surface area (Å²) in [5.74, 6) is 1.03. The molecule has 0 aromatic heterocycles. The smallest absolute Gasteiger partial charge is 0.224 e. The van der Waals surface area contributed by atoms with Crippen molar-refractivity contribution in [3.8, 4) is 5.75 Å². The van der Waals surface area contributed by atoms with Gasteiger partial charge < -0.3 is 10.1 Å². The number of hydrogen-bond donors (Lipinski definition) is 1. The quantitative estimate of drug-likeness (QED) is 0.884. The van der Waals surface area contributed by atoms with E-state index >= 15 is 0 Å². The first-order valence-corrected chi connectivity index (χ1v) is 6.90. The maximum atomic E-state index is 11.6. The molecule has 1 saturated heterocycles. The van der Waals surface area contributed by atoms with Gasteiger partial charge in [0, 0.05) is 17.5 Å². The lowest BCUT2D eigenvalue weighted by molar-refractivity contribution is -0.122. The molecule has 0 spiro atoms. The number of methoxy groups -OCH3 is 1. The summed E-state index contributed by atoms with van der Waals surface area (Å²) in [5.41, 5.74) is 2.41. The molecule has 1 aliphatic carbocycles. The number of fused-ring (bicyclic) bond motifs is 1. The van der Waals surface area contributed by atoms with Crippen molar-refractivity contribution in [3.63, 3.8) is 0 Å². The average molecular weight is 257 g/mol. The number of amides is 1. The Balaban J connectivity index is 2.01. The van der Waals surface area contributed by atoms with Crippen LogP contribution in [0.4, 0.5) is 0 Å². The van der Waals surface area contributed by atoms with Crippen molar-refractivity contribution in [1.29, 1.82) is 0 Å². The largest absolute Gasteiger partial charge is 0.497 e. The molecule has 19 heavy (non-hydrogen) atoms. The lowest BCUT2D eigenvalue weighted by Gasteiger charge is -2.42. The van der Waals surface area contributed by atoms with Gasteiger partial charge in [-0.15, -0.1) is 0 Å². The van der Waals surface area contributed by atoms with Gasteiger partial charge >= 0.3 is 0 Å². The van der Waals surface area contributed by atoms with E-state index in [1.165, 1.54) is 12.0 Å². The molecule has 2 aliphatic rings. The van der Waals surface area contributed by atoms with E-state index in [0.717, 1.165) is 30.7 Å². The van der Waals surface area contributed by atoms with Crippen LogP contribution in [-0.4, -0.2) is 13.0 Å². The first-order valence-electron chi connectivity index (χ1n) is 6.90. The summed E-state index contributed by atoms with van der Waals surface area (Å²) in [4.78, 5) is 11.6. The monoisotopic (exact) mass is 257 g/mol. The van der Waals surface area contributed by atoms with Gasteiger partial charge in [-0.25, -0.2) is 0 Å². The molecule has 1 aliphatic heterocycles. The van der Waals surface area contributed by atoms with Gasteiger partial charge in [-0.05, 0) is 43.4 Å². The van der Waals surface area contributed by atoms with Crippen LogP contribution >= 0.6 is 0 Å². The van der Waals surface area contributed by atoms with Crippen LogP contribution in [0.15, 0.2) is 36.0 Å². The topological polar surface area (TPSA) is 38.3 Å². The van der Waals surface area contributed by atoms with E-state index in [4.69, 9.17) is 4.74 Å². The molecule has 1 atom stereocenters. The number of benzene rings is 1. The number of allylic oxidation sites excluding steroid dienone is 2. The van der Waals surface area contributed by atoms with Crippen molar-refractivity contribution in [3.05, 3.63) is 41.6 Å². The molecule has 1 aromatic rings. The van der Waals surface area contributed by atoms with E-state index in [-0.39, 0.29) is 11.3 Å². The van der Waals surface area contributed by atoms with Crippen molar-refractivity contribution in [2.75, 3.05) is 7.11 Å². The Morgan fingerprint density at radius 1 is 1.21 bits per heavy atom. The standard InChI is InChI=1S/C16H19NO2/c1-19-13-7-5-12(6-8-13)16-10-3-2-4-14(16)17-15(18)9-11-16/h4-8H,2-3,9-11H2,1H3,(H,17,18). The normalized spacial score (nSPS) is 26.2. The third-order valence-corrected chi connectivity index (χ3v) is 4.37. The summed E-state index contributed by atoms with van der Waals surface area (Å²) < 4.78 is 5.22. The Morgan fingerprint density at radius 3 is 2.74 bits per heavy atom. The van der Waals surface area contributed by atoms with E-state index in [1.54, 1.807) is 7.11 Å². The molecular formula is C16H19NO2. The summed E-state index contributed by atoms with van der Waals surface area (Å²) in [7, 11) is 1.68. The van der Waals surface area contributed by atoms with Crippen LogP contribution in [0.1, 0.15) is 37.7 Å². The third-order valence-electron chi connectivity index (χ3n) is 4.37. The number of carbonyl (C=O) groups is 1. The second-order valence-electron chi connectivity index (χ2n) is 5.37. The zero-order valence-corrected chi connectivity index (χ0v) is 11.2. The van der Waals surface area contributed by atoms with E-state index < -0.39 is 0 Å². The van der Waals surface area contributed by atoms with Crippen LogP contribution < -0.4 is 10.1 Å². The minimum Gasteiger partial charge on any atom is -0.497 e. The second-order valence-corrected chi connectivity index (χ2v) is 5.37. The van der Waals surface area contributed by atoms with E-state index in [2.05, 4.69) is 23.5 Å². The van der Waals surface area contributed by atoms with Gasteiger partial charge in [0.15, 0.2) is 0 Å². The highest BCUT2D eigenvalue weighted by atomic mass is 16.5.